The van der Waals surface area contributed by atoms with Gasteiger partial charge < -0.3 is 10.6 Å². The van der Waals surface area contributed by atoms with E-state index in [0.717, 1.165) is 11.5 Å². The predicted molar refractivity (Wildman–Crippen MR) is 70.8 cm³/mol. The van der Waals surface area contributed by atoms with E-state index < -0.39 is 0 Å². The summed E-state index contributed by atoms with van der Waals surface area (Å²) in [7, 11) is 1.80. The third kappa shape index (κ3) is 2.93. The van der Waals surface area contributed by atoms with Crippen molar-refractivity contribution in [2.75, 3.05) is 17.7 Å². The maximum Gasteiger partial charge on any atom is 0.224 e. The molecular weight excluding hydrogens is 212 g/mol. The van der Waals surface area contributed by atoms with E-state index in [-0.39, 0.29) is 0 Å². The number of rotatable bonds is 3. The Kier molecular flexibility index (Phi) is 3.23. The Morgan fingerprint density at radius 2 is 1.76 bits per heavy atom. The van der Waals surface area contributed by atoms with Crippen LogP contribution in [0.5, 0.6) is 0 Å². The molecule has 2 aromatic rings. The number of nitrogens with zero attached hydrogens (tertiary/aromatic N) is 2. The van der Waals surface area contributed by atoms with E-state index >= 15 is 0 Å². The summed E-state index contributed by atoms with van der Waals surface area (Å²) in [4.78, 5) is 8.38. The van der Waals surface area contributed by atoms with E-state index in [0.29, 0.717) is 5.95 Å². The molecule has 4 nitrogen and oxygen atoms in total. The molecule has 0 amide bonds. The molecule has 0 aliphatic heterocycles. The standard InChI is InChI=1S/C13H16N4/c1-9-6-10(2)8-11(7-9)16-12-4-5-15-13(14-3)17-12/h4-8H,1-3H3,(H2,14,15,16,17). The topological polar surface area (TPSA) is 49.8 Å². The van der Waals surface area contributed by atoms with Crippen molar-refractivity contribution in [3.8, 4) is 0 Å². The van der Waals surface area contributed by atoms with E-state index in [4.69, 9.17) is 0 Å². The molecule has 0 bridgehead atoms. The Morgan fingerprint density at radius 1 is 1.06 bits per heavy atom. The highest BCUT2D eigenvalue weighted by atomic mass is 15.1. The van der Waals surface area contributed by atoms with Crippen LogP contribution in [0.3, 0.4) is 0 Å². The van der Waals surface area contributed by atoms with Gasteiger partial charge in [-0.05, 0) is 43.2 Å². The van der Waals surface area contributed by atoms with E-state index in [9.17, 15) is 0 Å². The molecule has 0 aliphatic carbocycles. The molecule has 0 aliphatic rings. The normalized spacial score (nSPS) is 10.1. The summed E-state index contributed by atoms with van der Waals surface area (Å²) in [5.74, 6) is 1.40. The van der Waals surface area contributed by atoms with Gasteiger partial charge in [0.15, 0.2) is 0 Å². The molecule has 0 fully saturated rings. The lowest BCUT2D eigenvalue weighted by Gasteiger charge is -2.08. The first-order valence-corrected chi connectivity index (χ1v) is 5.53. The van der Waals surface area contributed by atoms with Gasteiger partial charge in [0.05, 0.1) is 0 Å². The lowest BCUT2D eigenvalue weighted by atomic mass is 10.1. The van der Waals surface area contributed by atoms with Gasteiger partial charge >= 0.3 is 0 Å². The summed E-state index contributed by atoms with van der Waals surface area (Å²) in [5, 5.41) is 6.18. The first-order chi connectivity index (χ1) is 8.17. The molecule has 0 unspecified atom stereocenters. The molecule has 4 heteroatoms. The summed E-state index contributed by atoms with van der Waals surface area (Å²) in [6.45, 7) is 4.16. The van der Waals surface area contributed by atoms with Crippen LogP contribution in [0.4, 0.5) is 17.5 Å². The first-order valence-electron chi connectivity index (χ1n) is 5.53. The van der Waals surface area contributed by atoms with Gasteiger partial charge in [-0.3, -0.25) is 0 Å². The zero-order valence-corrected chi connectivity index (χ0v) is 10.3. The SMILES string of the molecule is CNc1nccc(Nc2cc(C)cc(C)c2)n1. The average molecular weight is 228 g/mol. The summed E-state index contributed by atoms with van der Waals surface area (Å²) in [6, 6.07) is 8.17. The molecule has 1 aromatic carbocycles. The minimum atomic E-state index is 0.611. The first kappa shape index (κ1) is 11.4. The Hall–Kier alpha value is -2.10. The quantitative estimate of drug-likeness (QED) is 0.848. The molecule has 88 valence electrons. The highest BCUT2D eigenvalue weighted by molar-refractivity contribution is 5.58. The van der Waals surface area contributed by atoms with Crippen LogP contribution in [0, 0.1) is 13.8 Å². The van der Waals surface area contributed by atoms with E-state index in [1.807, 2.05) is 6.07 Å². The smallest absolute Gasteiger partial charge is 0.224 e. The van der Waals surface area contributed by atoms with Crippen LogP contribution in [0.1, 0.15) is 11.1 Å². The lowest BCUT2D eigenvalue weighted by Crippen LogP contribution is -2.00. The fraction of sp³-hybridized carbons (Fsp3) is 0.231. The summed E-state index contributed by atoms with van der Waals surface area (Å²) >= 11 is 0. The van der Waals surface area contributed by atoms with Crippen LogP contribution < -0.4 is 10.6 Å². The van der Waals surface area contributed by atoms with Gasteiger partial charge in [0.2, 0.25) is 5.95 Å². The van der Waals surface area contributed by atoms with E-state index in [1.165, 1.54) is 11.1 Å². The van der Waals surface area contributed by atoms with Crippen LogP contribution >= 0.6 is 0 Å². The van der Waals surface area contributed by atoms with Gasteiger partial charge in [0, 0.05) is 18.9 Å². The predicted octanol–water partition coefficient (Wildman–Crippen LogP) is 2.88. The van der Waals surface area contributed by atoms with Crippen LogP contribution in [-0.2, 0) is 0 Å². The summed E-state index contributed by atoms with van der Waals surface area (Å²) in [6.07, 6.45) is 1.73. The van der Waals surface area contributed by atoms with Gasteiger partial charge in [-0.15, -0.1) is 0 Å². The van der Waals surface area contributed by atoms with E-state index in [1.54, 1.807) is 13.2 Å². The van der Waals surface area contributed by atoms with Crippen LogP contribution in [-0.4, -0.2) is 17.0 Å². The molecule has 0 radical (unpaired) electrons. The van der Waals surface area contributed by atoms with Gasteiger partial charge in [-0.1, -0.05) is 6.07 Å². The second kappa shape index (κ2) is 4.82. The van der Waals surface area contributed by atoms with Crippen molar-refractivity contribution in [1.29, 1.82) is 0 Å². The summed E-state index contributed by atoms with van der Waals surface area (Å²) < 4.78 is 0. The molecule has 1 aromatic heterocycles. The zero-order chi connectivity index (χ0) is 12.3. The van der Waals surface area contributed by atoms with E-state index in [2.05, 4.69) is 52.6 Å². The number of aryl methyl sites for hydroxylation is 2. The Balaban J connectivity index is 2.24. The van der Waals surface area contributed by atoms with Crippen LogP contribution in [0.15, 0.2) is 30.5 Å². The fourth-order valence-electron chi connectivity index (χ4n) is 1.74. The molecular formula is C13H16N4. The molecule has 0 saturated heterocycles. The second-order valence-electron chi connectivity index (χ2n) is 4.02. The Bertz CT molecular complexity index is 502. The largest absolute Gasteiger partial charge is 0.357 e. The number of hydrogen-bond donors (Lipinski definition) is 2. The molecule has 1 heterocycles. The molecule has 0 spiro atoms. The Labute approximate surface area is 101 Å². The number of hydrogen-bond acceptors (Lipinski definition) is 4. The minimum absolute atomic E-state index is 0.611. The second-order valence-corrected chi connectivity index (χ2v) is 4.02. The molecule has 0 saturated carbocycles. The average Bonchev–Trinajstić information content (AvgIpc) is 2.28. The van der Waals surface area contributed by atoms with Crippen molar-refractivity contribution >= 4 is 17.5 Å². The number of nitrogens with one attached hydrogen (secondary N) is 2. The fourth-order valence-corrected chi connectivity index (χ4v) is 1.74. The van der Waals surface area contributed by atoms with Gasteiger partial charge in [0.1, 0.15) is 5.82 Å². The van der Waals surface area contributed by atoms with Crippen molar-refractivity contribution in [1.82, 2.24) is 9.97 Å². The van der Waals surface area contributed by atoms with Crippen molar-refractivity contribution in [3.63, 3.8) is 0 Å². The van der Waals surface area contributed by atoms with Crippen LogP contribution in [0.25, 0.3) is 0 Å². The van der Waals surface area contributed by atoms with Gasteiger partial charge in [0.25, 0.3) is 0 Å². The van der Waals surface area contributed by atoms with Crippen molar-refractivity contribution in [2.24, 2.45) is 0 Å². The maximum atomic E-state index is 4.31. The highest BCUT2D eigenvalue weighted by Crippen LogP contribution is 2.18. The van der Waals surface area contributed by atoms with Crippen LogP contribution in [0.2, 0.25) is 0 Å². The van der Waals surface area contributed by atoms with Crippen molar-refractivity contribution in [3.05, 3.63) is 41.6 Å². The minimum Gasteiger partial charge on any atom is -0.357 e. The third-order valence-corrected chi connectivity index (χ3v) is 2.37. The van der Waals surface area contributed by atoms with Gasteiger partial charge in [-0.25, -0.2) is 4.98 Å². The Morgan fingerprint density at radius 3 is 2.41 bits per heavy atom. The molecule has 2 rings (SSSR count). The molecule has 17 heavy (non-hydrogen) atoms. The third-order valence-electron chi connectivity index (χ3n) is 2.37. The zero-order valence-electron chi connectivity index (χ0n) is 10.3. The number of aromatic nitrogens is 2. The monoisotopic (exact) mass is 228 g/mol. The lowest BCUT2D eigenvalue weighted by molar-refractivity contribution is 1.15. The van der Waals surface area contributed by atoms with Crippen molar-refractivity contribution in [2.45, 2.75) is 13.8 Å². The summed E-state index contributed by atoms with van der Waals surface area (Å²) in [5.41, 5.74) is 3.51. The maximum absolute atomic E-state index is 4.31. The van der Waals surface area contributed by atoms with Gasteiger partial charge in [-0.2, -0.15) is 4.98 Å². The molecule has 2 N–H and O–H groups in total. The van der Waals surface area contributed by atoms with Crippen molar-refractivity contribution < 1.29 is 0 Å². The molecule has 0 atom stereocenters. The number of benzene rings is 1. The number of anilines is 3. The highest BCUT2D eigenvalue weighted by Gasteiger charge is 1.99.